The monoisotopic (exact) mass is 432 g/mol. The van der Waals surface area contributed by atoms with Crippen molar-refractivity contribution < 1.29 is 4.74 Å². The first-order valence-electron chi connectivity index (χ1n) is 8.86. The van der Waals surface area contributed by atoms with Gasteiger partial charge in [-0.3, -0.25) is 4.90 Å². The Morgan fingerprint density at radius 1 is 1.19 bits per heavy atom. The Morgan fingerprint density at radius 2 is 2.04 bits per heavy atom. The van der Waals surface area contributed by atoms with Gasteiger partial charge in [0.1, 0.15) is 12.4 Å². The van der Waals surface area contributed by atoms with Gasteiger partial charge in [-0.25, -0.2) is 9.97 Å². The van der Waals surface area contributed by atoms with Crippen molar-refractivity contribution in [3.63, 3.8) is 0 Å². The summed E-state index contributed by atoms with van der Waals surface area (Å²) in [6.45, 7) is 4.14. The molecule has 3 heterocycles. The van der Waals surface area contributed by atoms with Crippen molar-refractivity contribution in [3.8, 4) is 16.3 Å². The van der Waals surface area contributed by atoms with E-state index in [4.69, 9.17) is 10.5 Å². The number of benzene rings is 1. The Morgan fingerprint density at radius 3 is 2.88 bits per heavy atom. The number of halogens is 1. The second-order valence-electron chi connectivity index (χ2n) is 6.49. The molecule has 0 spiro atoms. The van der Waals surface area contributed by atoms with Crippen LogP contribution in [-0.4, -0.2) is 41.1 Å². The molecule has 2 aromatic heterocycles. The highest BCUT2D eigenvalue weighted by Crippen LogP contribution is 2.37. The van der Waals surface area contributed by atoms with Crippen molar-refractivity contribution >= 4 is 43.3 Å². The van der Waals surface area contributed by atoms with E-state index in [1.54, 1.807) is 17.5 Å². The number of rotatable bonds is 5. The fourth-order valence-electron chi connectivity index (χ4n) is 3.26. The van der Waals surface area contributed by atoms with Gasteiger partial charge in [-0.05, 0) is 71.5 Å². The zero-order chi connectivity index (χ0) is 17.9. The van der Waals surface area contributed by atoms with Crippen LogP contribution >= 0.6 is 27.3 Å². The van der Waals surface area contributed by atoms with Crippen LogP contribution < -0.4 is 10.5 Å². The molecule has 0 radical (unpaired) electrons. The molecule has 2 N–H and O–H groups in total. The molecule has 0 unspecified atom stereocenters. The highest BCUT2D eigenvalue weighted by Gasteiger charge is 2.12. The molecule has 0 bridgehead atoms. The van der Waals surface area contributed by atoms with Gasteiger partial charge in [-0.1, -0.05) is 6.42 Å². The maximum Gasteiger partial charge on any atom is 0.220 e. The van der Waals surface area contributed by atoms with Gasteiger partial charge in [0.25, 0.3) is 0 Å². The van der Waals surface area contributed by atoms with Gasteiger partial charge < -0.3 is 10.5 Å². The molecule has 26 heavy (non-hydrogen) atoms. The molecule has 1 saturated heterocycles. The lowest BCUT2D eigenvalue weighted by atomic mass is 10.1. The molecular weight excluding hydrogens is 412 g/mol. The Balaban J connectivity index is 1.48. The minimum atomic E-state index is 0.280. The third-order valence-electron chi connectivity index (χ3n) is 4.61. The van der Waals surface area contributed by atoms with Gasteiger partial charge in [0.2, 0.25) is 5.95 Å². The normalized spacial score (nSPS) is 15.4. The van der Waals surface area contributed by atoms with E-state index in [9.17, 15) is 0 Å². The summed E-state index contributed by atoms with van der Waals surface area (Å²) in [5.41, 5.74) is 6.56. The number of aromatic nitrogens is 2. The average Bonchev–Trinajstić information content (AvgIpc) is 3.08. The fraction of sp³-hybridized carbons (Fsp3) is 0.368. The number of likely N-dealkylation sites (tertiary alicyclic amines) is 1. The van der Waals surface area contributed by atoms with Crippen molar-refractivity contribution in [2.45, 2.75) is 19.3 Å². The van der Waals surface area contributed by atoms with Crippen molar-refractivity contribution in [3.05, 3.63) is 34.9 Å². The maximum absolute atomic E-state index is 5.98. The molecule has 0 aliphatic carbocycles. The number of ether oxygens (including phenoxy) is 1. The summed E-state index contributed by atoms with van der Waals surface area (Å²) in [6.07, 6.45) is 5.68. The number of hydrogen-bond donors (Lipinski definition) is 1. The molecule has 0 amide bonds. The number of anilines is 1. The zero-order valence-electron chi connectivity index (χ0n) is 14.4. The molecule has 1 aliphatic heterocycles. The standard InChI is InChI=1S/C19H21BrN4OS/c20-15-12-22-19(21)23-18(15)17-11-13-10-14(4-5-16(13)26-17)25-9-8-24-6-2-1-3-7-24/h4-5,10-12H,1-3,6-9H2,(H2,21,22,23). The predicted octanol–water partition coefficient (Wildman–Crippen LogP) is 4.57. The number of nitrogens with two attached hydrogens (primary N) is 1. The Kier molecular flexibility index (Phi) is 5.38. The second kappa shape index (κ2) is 7.90. The van der Waals surface area contributed by atoms with Crippen LogP contribution in [0.5, 0.6) is 5.75 Å². The Labute approximate surface area is 165 Å². The average molecular weight is 433 g/mol. The van der Waals surface area contributed by atoms with Crippen LogP contribution in [0.25, 0.3) is 20.7 Å². The summed E-state index contributed by atoms with van der Waals surface area (Å²) in [4.78, 5) is 11.9. The summed E-state index contributed by atoms with van der Waals surface area (Å²) in [7, 11) is 0. The molecule has 0 atom stereocenters. The molecule has 1 fully saturated rings. The van der Waals surface area contributed by atoms with Gasteiger partial charge >= 0.3 is 0 Å². The quantitative estimate of drug-likeness (QED) is 0.639. The van der Waals surface area contributed by atoms with Crippen LogP contribution in [0.4, 0.5) is 5.95 Å². The lowest BCUT2D eigenvalue weighted by Gasteiger charge is -2.26. The van der Waals surface area contributed by atoms with E-state index in [0.29, 0.717) is 0 Å². The van der Waals surface area contributed by atoms with Crippen molar-refractivity contribution in [2.75, 3.05) is 32.0 Å². The second-order valence-corrected chi connectivity index (χ2v) is 8.42. The molecule has 1 aromatic carbocycles. The van der Waals surface area contributed by atoms with Crippen LogP contribution in [-0.2, 0) is 0 Å². The maximum atomic E-state index is 5.98. The summed E-state index contributed by atoms with van der Waals surface area (Å²) < 4.78 is 8.03. The summed E-state index contributed by atoms with van der Waals surface area (Å²) in [5, 5.41) is 1.16. The number of piperidine rings is 1. The molecule has 1 aliphatic rings. The number of hydrogen-bond acceptors (Lipinski definition) is 6. The van der Waals surface area contributed by atoms with Crippen LogP contribution in [0, 0.1) is 0 Å². The molecule has 5 nitrogen and oxygen atoms in total. The lowest BCUT2D eigenvalue weighted by molar-refractivity contribution is 0.183. The Bertz CT molecular complexity index is 908. The number of nitrogen functional groups attached to an aromatic ring is 1. The predicted molar refractivity (Wildman–Crippen MR) is 111 cm³/mol. The van der Waals surface area contributed by atoms with E-state index in [1.165, 1.54) is 37.1 Å². The number of nitrogens with zero attached hydrogens (tertiary/aromatic N) is 3. The van der Waals surface area contributed by atoms with Gasteiger partial charge in [0, 0.05) is 17.4 Å². The summed E-state index contributed by atoms with van der Waals surface area (Å²) >= 11 is 5.20. The minimum absolute atomic E-state index is 0.280. The first-order valence-corrected chi connectivity index (χ1v) is 10.5. The molecule has 7 heteroatoms. The van der Waals surface area contributed by atoms with Gasteiger partial charge in [0.15, 0.2) is 0 Å². The third-order valence-corrected chi connectivity index (χ3v) is 6.31. The van der Waals surface area contributed by atoms with E-state index >= 15 is 0 Å². The molecule has 4 rings (SSSR count). The Hall–Kier alpha value is -1.70. The smallest absolute Gasteiger partial charge is 0.220 e. The van der Waals surface area contributed by atoms with E-state index in [2.05, 4.69) is 49.0 Å². The highest BCUT2D eigenvalue weighted by atomic mass is 79.9. The first kappa shape index (κ1) is 17.7. The SMILES string of the molecule is Nc1ncc(Br)c(-c2cc3cc(OCCN4CCCCC4)ccc3s2)n1. The van der Waals surface area contributed by atoms with Crippen LogP contribution in [0.15, 0.2) is 34.9 Å². The fourth-order valence-corrected chi connectivity index (χ4v) is 4.84. The number of fused-ring (bicyclic) bond motifs is 1. The van der Waals surface area contributed by atoms with Gasteiger partial charge in [-0.15, -0.1) is 11.3 Å². The van der Waals surface area contributed by atoms with Gasteiger partial charge in [-0.2, -0.15) is 0 Å². The van der Waals surface area contributed by atoms with Crippen molar-refractivity contribution in [2.24, 2.45) is 0 Å². The first-order chi connectivity index (χ1) is 12.7. The molecule has 0 saturated carbocycles. The van der Waals surface area contributed by atoms with Crippen LogP contribution in [0.1, 0.15) is 19.3 Å². The topological polar surface area (TPSA) is 64.3 Å². The van der Waals surface area contributed by atoms with Crippen molar-refractivity contribution in [1.82, 2.24) is 14.9 Å². The van der Waals surface area contributed by atoms with E-state index < -0.39 is 0 Å². The zero-order valence-corrected chi connectivity index (χ0v) is 16.9. The lowest BCUT2D eigenvalue weighted by Crippen LogP contribution is -2.33. The highest BCUT2D eigenvalue weighted by molar-refractivity contribution is 9.10. The van der Waals surface area contributed by atoms with Gasteiger partial charge in [0.05, 0.1) is 15.0 Å². The minimum Gasteiger partial charge on any atom is -0.492 e. The number of thiophene rings is 1. The van der Waals surface area contributed by atoms with E-state index in [1.807, 2.05) is 6.07 Å². The molecule has 3 aromatic rings. The summed E-state index contributed by atoms with van der Waals surface area (Å²) in [5.74, 6) is 1.20. The van der Waals surface area contributed by atoms with Crippen LogP contribution in [0.3, 0.4) is 0 Å². The molecule has 136 valence electrons. The van der Waals surface area contributed by atoms with Crippen molar-refractivity contribution in [1.29, 1.82) is 0 Å². The van der Waals surface area contributed by atoms with Crippen LogP contribution in [0.2, 0.25) is 0 Å². The summed E-state index contributed by atoms with van der Waals surface area (Å²) in [6, 6.07) is 8.38. The van der Waals surface area contributed by atoms with E-state index in [-0.39, 0.29) is 5.95 Å². The molecular formula is C19H21BrN4OS. The largest absolute Gasteiger partial charge is 0.492 e. The van der Waals surface area contributed by atoms with E-state index in [0.717, 1.165) is 39.3 Å². The third kappa shape index (κ3) is 4.00.